The average Bonchev–Trinajstić information content (AvgIpc) is 2.16. The van der Waals surface area contributed by atoms with Gasteiger partial charge in [0.05, 0.1) is 0 Å². The quantitative estimate of drug-likeness (QED) is 0.775. The summed E-state index contributed by atoms with van der Waals surface area (Å²) in [4.78, 5) is 11.0. The molecule has 78 valence electrons. The minimum absolute atomic E-state index is 0. The Hall–Kier alpha value is -1.55. The molecule has 0 aliphatic heterocycles. The van der Waals surface area contributed by atoms with Crippen LogP contribution in [0.2, 0.25) is 0 Å². The molecule has 1 amide bonds. The topological polar surface area (TPSA) is 64.3 Å². The second kappa shape index (κ2) is 6.91. The molecular weight excluding hydrogens is 180 g/mol. The van der Waals surface area contributed by atoms with Gasteiger partial charge >= 0.3 is 6.09 Å². The van der Waals surface area contributed by atoms with Crippen molar-refractivity contribution >= 4 is 11.8 Å². The normalized spacial score (nSPS) is 8.64. The van der Waals surface area contributed by atoms with Crippen LogP contribution in [0.1, 0.15) is 7.43 Å². The smallest absolute Gasteiger partial charge is 0.411 e. The van der Waals surface area contributed by atoms with E-state index in [0.717, 1.165) is 0 Å². The van der Waals surface area contributed by atoms with Crippen molar-refractivity contribution < 1.29 is 9.53 Å². The molecule has 4 nitrogen and oxygen atoms in total. The zero-order valence-corrected chi connectivity index (χ0v) is 7.19. The van der Waals surface area contributed by atoms with Crippen molar-refractivity contribution in [3.8, 4) is 0 Å². The number of benzene rings is 1. The lowest BCUT2D eigenvalue weighted by atomic mass is 10.3. The molecule has 0 unspecified atom stereocenters. The van der Waals surface area contributed by atoms with Crippen LogP contribution in [0.25, 0.3) is 0 Å². The van der Waals surface area contributed by atoms with Crippen molar-refractivity contribution in [3.63, 3.8) is 0 Å². The number of para-hydroxylation sites is 1. The second-order valence-electron chi connectivity index (χ2n) is 2.42. The van der Waals surface area contributed by atoms with E-state index in [1.807, 2.05) is 18.2 Å². The van der Waals surface area contributed by atoms with Crippen molar-refractivity contribution in [2.45, 2.75) is 7.43 Å². The Bertz CT molecular complexity index is 262. The maximum atomic E-state index is 11.0. The highest BCUT2D eigenvalue weighted by Crippen LogP contribution is 2.04. The highest BCUT2D eigenvalue weighted by molar-refractivity contribution is 5.84. The monoisotopic (exact) mass is 196 g/mol. The number of hydrogen-bond donors (Lipinski definition) is 2. The SMILES string of the molecule is C.NCCOC(=O)Nc1ccccc1. The van der Waals surface area contributed by atoms with Crippen LogP contribution in [-0.2, 0) is 4.74 Å². The van der Waals surface area contributed by atoms with Crippen LogP contribution in [0.5, 0.6) is 0 Å². The summed E-state index contributed by atoms with van der Waals surface area (Å²) in [5.74, 6) is 0. The number of carbonyl (C=O) groups excluding carboxylic acids is 1. The number of anilines is 1. The van der Waals surface area contributed by atoms with Gasteiger partial charge < -0.3 is 10.5 Å². The zero-order valence-electron chi connectivity index (χ0n) is 7.19. The molecule has 0 atom stereocenters. The number of ether oxygens (including phenoxy) is 1. The number of rotatable bonds is 3. The van der Waals surface area contributed by atoms with E-state index < -0.39 is 6.09 Å². The first kappa shape index (κ1) is 12.4. The summed E-state index contributed by atoms with van der Waals surface area (Å²) in [5.41, 5.74) is 5.88. The third kappa shape index (κ3) is 4.47. The number of nitrogens with two attached hydrogens (primary N) is 1. The number of amides is 1. The molecule has 0 heterocycles. The van der Waals surface area contributed by atoms with Crippen LogP contribution in [0.15, 0.2) is 30.3 Å². The number of carbonyl (C=O) groups is 1. The van der Waals surface area contributed by atoms with Crippen molar-refractivity contribution in [1.82, 2.24) is 0 Å². The van der Waals surface area contributed by atoms with Gasteiger partial charge in [0.25, 0.3) is 0 Å². The van der Waals surface area contributed by atoms with Crippen molar-refractivity contribution in [2.75, 3.05) is 18.5 Å². The summed E-state index contributed by atoms with van der Waals surface area (Å²) in [5, 5.41) is 2.56. The van der Waals surface area contributed by atoms with Crippen LogP contribution in [-0.4, -0.2) is 19.2 Å². The number of nitrogens with one attached hydrogen (secondary N) is 1. The molecule has 3 N–H and O–H groups in total. The first-order valence-corrected chi connectivity index (χ1v) is 4.02. The largest absolute Gasteiger partial charge is 0.448 e. The highest BCUT2D eigenvalue weighted by atomic mass is 16.5. The predicted molar refractivity (Wildman–Crippen MR) is 57.2 cm³/mol. The average molecular weight is 196 g/mol. The van der Waals surface area contributed by atoms with Crippen LogP contribution in [0, 0.1) is 0 Å². The molecule has 1 aromatic carbocycles. The summed E-state index contributed by atoms with van der Waals surface area (Å²) in [6.45, 7) is 0.570. The lowest BCUT2D eigenvalue weighted by Crippen LogP contribution is -2.18. The van der Waals surface area contributed by atoms with Gasteiger partial charge in [-0.15, -0.1) is 0 Å². The molecule has 14 heavy (non-hydrogen) atoms. The summed E-state index contributed by atoms with van der Waals surface area (Å²) in [6, 6.07) is 9.10. The Balaban J connectivity index is 0.00000169. The standard InChI is InChI=1S/C9H12N2O2.CH4/c10-6-7-13-9(12)11-8-4-2-1-3-5-8;/h1-5H,6-7,10H2,(H,11,12);1H4. The molecule has 1 rings (SSSR count). The van der Waals surface area contributed by atoms with E-state index in [0.29, 0.717) is 12.2 Å². The fraction of sp³-hybridized carbons (Fsp3) is 0.300. The van der Waals surface area contributed by atoms with Crippen LogP contribution in [0.3, 0.4) is 0 Å². The van der Waals surface area contributed by atoms with Crippen molar-refractivity contribution in [2.24, 2.45) is 5.73 Å². The molecule has 0 aromatic heterocycles. The van der Waals surface area contributed by atoms with Crippen LogP contribution in [0.4, 0.5) is 10.5 Å². The lowest BCUT2D eigenvalue weighted by Gasteiger charge is -2.04. The van der Waals surface area contributed by atoms with Gasteiger partial charge in [0.1, 0.15) is 6.61 Å². The molecule has 0 saturated heterocycles. The molecule has 0 radical (unpaired) electrons. The summed E-state index contributed by atoms with van der Waals surface area (Å²) in [6.07, 6.45) is -0.475. The van der Waals surface area contributed by atoms with E-state index in [1.165, 1.54) is 0 Å². The van der Waals surface area contributed by atoms with Crippen LogP contribution >= 0.6 is 0 Å². The Morgan fingerprint density at radius 3 is 2.57 bits per heavy atom. The Morgan fingerprint density at radius 2 is 2.00 bits per heavy atom. The van der Waals surface area contributed by atoms with E-state index >= 15 is 0 Å². The Labute approximate surface area is 84.1 Å². The Kier molecular flexibility index (Phi) is 6.15. The number of hydrogen-bond acceptors (Lipinski definition) is 3. The molecule has 1 aromatic rings. The molecule has 0 saturated carbocycles. The zero-order chi connectivity index (χ0) is 9.52. The van der Waals surface area contributed by atoms with Gasteiger partial charge in [-0.1, -0.05) is 25.6 Å². The third-order valence-electron chi connectivity index (χ3n) is 1.37. The predicted octanol–water partition coefficient (Wildman–Crippen LogP) is 1.83. The van der Waals surface area contributed by atoms with Gasteiger partial charge in [0.2, 0.25) is 0 Å². The first-order chi connectivity index (χ1) is 6.33. The minimum atomic E-state index is -0.475. The van der Waals surface area contributed by atoms with E-state index in [9.17, 15) is 4.79 Å². The second-order valence-corrected chi connectivity index (χ2v) is 2.42. The third-order valence-corrected chi connectivity index (χ3v) is 1.37. The molecule has 0 aliphatic rings. The van der Waals surface area contributed by atoms with E-state index in [2.05, 4.69) is 5.32 Å². The molecule has 0 bridgehead atoms. The van der Waals surface area contributed by atoms with E-state index in [1.54, 1.807) is 12.1 Å². The first-order valence-electron chi connectivity index (χ1n) is 4.02. The van der Waals surface area contributed by atoms with Gasteiger partial charge in [0, 0.05) is 12.2 Å². The summed E-state index contributed by atoms with van der Waals surface area (Å²) < 4.78 is 4.72. The maximum absolute atomic E-state index is 11.0. The van der Waals surface area contributed by atoms with Crippen LogP contribution < -0.4 is 11.1 Å². The Morgan fingerprint density at radius 1 is 1.36 bits per heavy atom. The van der Waals surface area contributed by atoms with E-state index in [-0.39, 0.29) is 14.0 Å². The van der Waals surface area contributed by atoms with Gasteiger partial charge in [-0.25, -0.2) is 4.79 Å². The van der Waals surface area contributed by atoms with Gasteiger partial charge in [-0.3, -0.25) is 5.32 Å². The highest BCUT2D eigenvalue weighted by Gasteiger charge is 2.00. The van der Waals surface area contributed by atoms with Gasteiger partial charge in [-0.05, 0) is 12.1 Å². The van der Waals surface area contributed by atoms with Crippen molar-refractivity contribution in [3.05, 3.63) is 30.3 Å². The molecule has 0 fully saturated rings. The minimum Gasteiger partial charge on any atom is -0.448 e. The summed E-state index contributed by atoms with van der Waals surface area (Å²) >= 11 is 0. The lowest BCUT2D eigenvalue weighted by molar-refractivity contribution is 0.165. The van der Waals surface area contributed by atoms with E-state index in [4.69, 9.17) is 10.5 Å². The maximum Gasteiger partial charge on any atom is 0.411 e. The molecule has 0 spiro atoms. The fourth-order valence-corrected chi connectivity index (χ4v) is 0.827. The van der Waals surface area contributed by atoms with Gasteiger partial charge in [0.15, 0.2) is 0 Å². The molecule has 4 heteroatoms. The van der Waals surface area contributed by atoms with Gasteiger partial charge in [-0.2, -0.15) is 0 Å². The fourth-order valence-electron chi connectivity index (χ4n) is 0.827. The molecule has 0 aliphatic carbocycles. The van der Waals surface area contributed by atoms with Crippen molar-refractivity contribution in [1.29, 1.82) is 0 Å². The summed E-state index contributed by atoms with van der Waals surface area (Å²) in [7, 11) is 0. The molecular formula is C10H16N2O2.